The summed E-state index contributed by atoms with van der Waals surface area (Å²) >= 11 is 0. The predicted octanol–water partition coefficient (Wildman–Crippen LogP) is 0.428. The van der Waals surface area contributed by atoms with E-state index in [1.165, 1.54) is 0 Å². The fourth-order valence-corrected chi connectivity index (χ4v) is 1.41. The van der Waals surface area contributed by atoms with E-state index in [1.54, 1.807) is 0 Å². The van der Waals surface area contributed by atoms with Crippen molar-refractivity contribution in [3.05, 3.63) is 0 Å². The van der Waals surface area contributed by atoms with Crippen LogP contribution < -0.4 is 11.1 Å². The fraction of sp³-hybridized carbons (Fsp3) is 0.778. The van der Waals surface area contributed by atoms with Gasteiger partial charge in [0.15, 0.2) is 5.84 Å². The first kappa shape index (κ1) is 10.8. The molecule has 1 aliphatic carbocycles. The summed E-state index contributed by atoms with van der Waals surface area (Å²) < 4.78 is 0. The van der Waals surface area contributed by atoms with Crippen LogP contribution in [0.25, 0.3) is 0 Å². The molecule has 0 saturated heterocycles. The van der Waals surface area contributed by atoms with Gasteiger partial charge in [0, 0.05) is 5.92 Å². The Morgan fingerprint density at radius 3 is 2.71 bits per heavy atom. The van der Waals surface area contributed by atoms with Crippen LogP contribution in [0, 0.1) is 5.92 Å². The minimum Gasteiger partial charge on any atom is -0.409 e. The molecule has 0 aromatic heterocycles. The molecule has 0 aromatic carbocycles. The highest BCUT2D eigenvalue weighted by Crippen LogP contribution is 2.26. The summed E-state index contributed by atoms with van der Waals surface area (Å²) in [6, 6.07) is -0.340. The largest absolute Gasteiger partial charge is 0.409 e. The molecule has 5 nitrogen and oxygen atoms in total. The van der Waals surface area contributed by atoms with Gasteiger partial charge in [0.25, 0.3) is 0 Å². The standard InChI is InChI=1S/C9H17N3O2/c1-2-7(8(10)12-14)11-9(13)6-4-3-5-6/h6-7,14H,2-5H2,1H3,(H2,10,12)(H,11,13). The molecule has 1 unspecified atom stereocenters. The summed E-state index contributed by atoms with van der Waals surface area (Å²) in [5.41, 5.74) is 5.42. The minimum absolute atomic E-state index is 0.0229. The maximum Gasteiger partial charge on any atom is 0.223 e. The highest BCUT2D eigenvalue weighted by Gasteiger charge is 2.27. The van der Waals surface area contributed by atoms with E-state index in [0.717, 1.165) is 19.3 Å². The van der Waals surface area contributed by atoms with Gasteiger partial charge in [-0.2, -0.15) is 0 Å². The molecule has 0 heterocycles. The third-order valence-corrected chi connectivity index (χ3v) is 2.67. The summed E-state index contributed by atoms with van der Waals surface area (Å²) in [4.78, 5) is 11.5. The number of hydrogen-bond donors (Lipinski definition) is 3. The fourth-order valence-electron chi connectivity index (χ4n) is 1.41. The zero-order chi connectivity index (χ0) is 10.6. The molecule has 4 N–H and O–H groups in total. The van der Waals surface area contributed by atoms with Crippen LogP contribution in [0.5, 0.6) is 0 Å². The first-order chi connectivity index (χ1) is 6.69. The number of nitrogens with one attached hydrogen (secondary N) is 1. The molecule has 1 fully saturated rings. The smallest absolute Gasteiger partial charge is 0.223 e. The lowest BCUT2D eigenvalue weighted by Gasteiger charge is -2.26. The van der Waals surface area contributed by atoms with E-state index in [2.05, 4.69) is 10.5 Å². The van der Waals surface area contributed by atoms with Crippen LogP contribution in [0.4, 0.5) is 0 Å². The van der Waals surface area contributed by atoms with Gasteiger partial charge < -0.3 is 16.3 Å². The van der Waals surface area contributed by atoms with E-state index in [4.69, 9.17) is 10.9 Å². The number of rotatable bonds is 4. The normalized spacial score (nSPS) is 19.9. The molecule has 0 bridgehead atoms. The summed E-state index contributed by atoms with van der Waals surface area (Å²) in [6.45, 7) is 1.88. The van der Waals surface area contributed by atoms with Crippen molar-refractivity contribution in [2.24, 2.45) is 16.8 Å². The Balaban J connectivity index is 2.43. The lowest BCUT2D eigenvalue weighted by atomic mass is 9.84. The number of carbonyl (C=O) groups is 1. The molecule has 0 spiro atoms. The molecule has 1 atom stereocenters. The minimum atomic E-state index is -0.340. The second-order valence-electron chi connectivity index (χ2n) is 3.62. The number of amidine groups is 1. The van der Waals surface area contributed by atoms with Crippen LogP contribution in [0.2, 0.25) is 0 Å². The Bertz CT molecular complexity index is 236. The van der Waals surface area contributed by atoms with Crippen LogP contribution >= 0.6 is 0 Å². The van der Waals surface area contributed by atoms with Crippen molar-refractivity contribution in [1.29, 1.82) is 0 Å². The number of carbonyl (C=O) groups excluding carboxylic acids is 1. The van der Waals surface area contributed by atoms with Crippen molar-refractivity contribution in [2.45, 2.75) is 38.6 Å². The molecule has 0 aliphatic heterocycles. The van der Waals surface area contributed by atoms with Gasteiger partial charge in [0.2, 0.25) is 5.91 Å². The van der Waals surface area contributed by atoms with Crippen molar-refractivity contribution in [1.82, 2.24) is 5.32 Å². The van der Waals surface area contributed by atoms with Gasteiger partial charge in [0.1, 0.15) is 0 Å². The number of amides is 1. The number of hydrogen-bond acceptors (Lipinski definition) is 3. The zero-order valence-electron chi connectivity index (χ0n) is 8.36. The maximum atomic E-state index is 11.5. The van der Waals surface area contributed by atoms with Gasteiger partial charge in [-0.15, -0.1) is 0 Å². The van der Waals surface area contributed by atoms with Crippen LogP contribution in [0.1, 0.15) is 32.6 Å². The van der Waals surface area contributed by atoms with Crippen molar-refractivity contribution < 1.29 is 10.0 Å². The number of oxime groups is 1. The Hall–Kier alpha value is -1.26. The van der Waals surface area contributed by atoms with E-state index < -0.39 is 0 Å². The Morgan fingerprint density at radius 1 is 1.71 bits per heavy atom. The number of nitrogens with zero attached hydrogens (tertiary/aromatic N) is 1. The van der Waals surface area contributed by atoms with E-state index >= 15 is 0 Å². The quantitative estimate of drug-likeness (QED) is 0.265. The molecule has 14 heavy (non-hydrogen) atoms. The van der Waals surface area contributed by atoms with Gasteiger partial charge in [0.05, 0.1) is 6.04 Å². The van der Waals surface area contributed by atoms with Crippen molar-refractivity contribution >= 4 is 11.7 Å². The second kappa shape index (κ2) is 4.83. The van der Waals surface area contributed by atoms with Gasteiger partial charge >= 0.3 is 0 Å². The van der Waals surface area contributed by atoms with E-state index in [-0.39, 0.29) is 23.7 Å². The van der Waals surface area contributed by atoms with Gasteiger partial charge in [-0.25, -0.2) is 0 Å². The van der Waals surface area contributed by atoms with Crippen LogP contribution in [-0.2, 0) is 4.79 Å². The monoisotopic (exact) mass is 199 g/mol. The first-order valence-corrected chi connectivity index (χ1v) is 4.96. The average molecular weight is 199 g/mol. The van der Waals surface area contributed by atoms with Gasteiger partial charge in [-0.1, -0.05) is 18.5 Å². The second-order valence-corrected chi connectivity index (χ2v) is 3.62. The van der Waals surface area contributed by atoms with E-state index in [0.29, 0.717) is 6.42 Å². The first-order valence-electron chi connectivity index (χ1n) is 4.96. The van der Waals surface area contributed by atoms with Gasteiger partial charge in [-0.3, -0.25) is 4.79 Å². The van der Waals surface area contributed by atoms with E-state index in [1.807, 2.05) is 6.92 Å². The summed E-state index contributed by atoms with van der Waals surface area (Å²) in [5, 5.41) is 14.1. The molecule has 0 radical (unpaired) electrons. The molecule has 1 rings (SSSR count). The molecule has 0 aromatic rings. The third-order valence-electron chi connectivity index (χ3n) is 2.67. The van der Waals surface area contributed by atoms with Crippen LogP contribution in [-0.4, -0.2) is 23.0 Å². The predicted molar refractivity (Wildman–Crippen MR) is 53.0 cm³/mol. The topological polar surface area (TPSA) is 87.7 Å². The zero-order valence-corrected chi connectivity index (χ0v) is 8.36. The number of nitrogens with two attached hydrogens (primary N) is 1. The van der Waals surface area contributed by atoms with E-state index in [9.17, 15) is 4.79 Å². The van der Waals surface area contributed by atoms with Crippen LogP contribution in [0.15, 0.2) is 5.16 Å². The third kappa shape index (κ3) is 2.37. The van der Waals surface area contributed by atoms with Gasteiger partial charge in [-0.05, 0) is 19.3 Å². The van der Waals surface area contributed by atoms with Crippen molar-refractivity contribution in [3.63, 3.8) is 0 Å². The van der Waals surface area contributed by atoms with Crippen LogP contribution in [0.3, 0.4) is 0 Å². The summed E-state index contributed by atoms with van der Waals surface area (Å²) in [5.74, 6) is 0.227. The summed E-state index contributed by atoms with van der Waals surface area (Å²) in [7, 11) is 0. The molecule has 5 heteroatoms. The van der Waals surface area contributed by atoms with Crippen molar-refractivity contribution in [2.75, 3.05) is 0 Å². The average Bonchev–Trinajstić information content (AvgIpc) is 2.10. The van der Waals surface area contributed by atoms with Crippen molar-refractivity contribution in [3.8, 4) is 0 Å². The maximum absolute atomic E-state index is 11.5. The SMILES string of the molecule is CCC(NC(=O)C1CCC1)/C(N)=N/O. The molecular formula is C9H17N3O2. The molecule has 1 amide bonds. The molecule has 1 aliphatic rings. The highest BCUT2D eigenvalue weighted by atomic mass is 16.4. The Labute approximate surface area is 83.3 Å². The lowest BCUT2D eigenvalue weighted by Crippen LogP contribution is -2.47. The molecule has 1 saturated carbocycles. The molecule has 80 valence electrons. The Kier molecular flexibility index (Phi) is 3.73. The Morgan fingerprint density at radius 2 is 2.36 bits per heavy atom. The lowest BCUT2D eigenvalue weighted by molar-refractivity contribution is -0.127. The summed E-state index contributed by atoms with van der Waals surface area (Å²) in [6.07, 6.45) is 3.67. The molecular weight excluding hydrogens is 182 g/mol. The highest BCUT2D eigenvalue weighted by molar-refractivity contribution is 5.90.